The lowest BCUT2D eigenvalue weighted by Gasteiger charge is -2.54. The van der Waals surface area contributed by atoms with Crippen LogP contribution in [0.5, 0.6) is 0 Å². The number of piperidine rings is 1. The van der Waals surface area contributed by atoms with Crippen molar-refractivity contribution < 1.29 is 39.5 Å². The van der Waals surface area contributed by atoms with Crippen LogP contribution in [0.1, 0.15) is 37.7 Å². The summed E-state index contributed by atoms with van der Waals surface area (Å²) >= 11 is 0. The number of aliphatic hydroxyl groups is 1. The van der Waals surface area contributed by atoms with Crippen LogP contribution in [0, 0.1) is 11.8 Å². The lowest BCUT2D eigenvalue weighted by Crippen LogP contribution is -2.58. The minimum absolute atomic E-state index is 0.0357. The monoisotopic (exact) mass is 437 g/mol. The molecule has 172 valence electrons. The molecule has 0 amide bonds. The molecule has 2 aliphatic rings. The summed E-state index contributed by atoms with van der Waals surface area (Å²) < 4.78 is 6.15. The minimum Gasteiger partial charge on any atom is -0.481 e. The van der Waals surface area contributed by atoms with Gasteiger partial charge in [0.1, 0.15) is 5.60 Å². The maximum absolute atomic E-state index is 10.3. The Labute approximate surface area is 181 Å². The lowest BCUT2D eigenvalue weighted by molar-refractivity contribution is -0.170. The standard InChI is InChI=1S/C16H23NO.C6H8O7/c1-17-11-14-9-6-10-15(12-17)16(14,18-2)13-7-4-3-5-8-13;7-3(8)1-6(13,5(11)12)2-4(9)10/h3-5,7-8,14-15H,6,9-12H2,1-2H3;13H,1-2H2,(H,7,8)(H,9,10)(H,11,12)/t14-,15+,16?;. The van der Waals surface area contributed by atoms with Gasteiger partial charge in [-0.3, -0.25) is 9.59 Å². The summed E-state index contributed by atoms with van der Waals surface area (Å²) in [6.45, 7) is 2.33. The predicted molar refractivity (Wildman–Crippen MR) is 111 cm³/mol. The number of rotatable bonds is 7. The molecular weight excluding hydrogens is 406 g/mol. The van der Waals surface area contributed by atoms with Crippen LogP contribution in [-0.2, 0) is 24.7 Å². The lowest BCUT2D eigenvalue weighted by atomic mass is 9.62. The highest BCUT2D eigenvalue weighted by Gasteiger charge is 2.52. The summed E-state index contributed by atoms with van der Waals surface area (Å²) in [6.07, 6.45) is 1.66. The first-order valence-electron chi connectivity index (χ1n) is 10.2. The number of likely N-dealkylation sites (tertiary alicyclic amines) is 1. The summed E-state index contributed by atoms with van der Waals surface area (Å²) in [7, 11) is 4.15. The van der Waals surface area contributed by atoms with Gasteiger partial charge >= 0.3 is 17.9 Å². The molecule has 31 heavy (non-hydrogen) atoms. The molecule has 1 heterocycles. The first-order chi connectivity index (χ1) is 14.5. The van der Waals surface area contributed by atoms with Gasteiger partial charge in [-0.1, -0.05) is 36.8 Å². The van der Waals surface area contributed by atoms with Crippen molar-refractivity contribution in [2.24, 2.45) is 11.8 Å². The van der Waals surface area contributed by atoms with E-state index in [4.69, 9.17) is 25.2 Å². The number of fused-ring (bicyclic) bond motifs is 2. The van der Waals surface area contributed by atoms with E-state index in [2.05, 4.69) is 42.3 Å². The topological polar surface area (TPSA) is 145 Å². The van der Waals surface area contributed by atoms with Crippen LogP contribution in [-0.4, -0.2) is 76.1 Å². The number of benzene rings is 1. The van der Waals surface area contributed by atoms with E-state index in [-0.39, 0.29) is 5.60 Å². The molecular formula is C22H31NO8. The molecule has 1 saturated carbocycles. The number of carbonyl (C=O) groups is 3. The van der Waals surface area contributed by atoms with E-state index in [1.54, 1.807) is 0 Å². The number of hydrogen-bond donors (Lipinski definition) is 4. The average molecular weight is 437 g/mol. The number of methoxy groups -OCH3 is 1. The van der Waals surface area contributed by atoms with E-state index in [9.17, 15) is 14.4 Å². The van der Waals surface area contributed by atoms with Crippen LogP contribution in [0.4, 0.5) is 0 Å². The molecule has 1 saturated heterocycles. The zero-order chi connectivity index (χ0) is 23.2. The summed E-state index contributed by atoms with van der Waals surface area (Å²) in [5, 5.41) is 33.8. The molecule has 1 aliphatic heterocycles. The first kappa shape index (κ1) is 24.8. The molecule has 3 rings (SSSR count). The van der Waals surface area contributed by atoms with Gasteiger partial charge in [0.25, 0.3) is 0 Å². The van der Waals surface area contributed by atoms with Crippen LogP contribution in [0.3, 0.4) is 0 Å². The molecule has 2 bridgehead atoms. The van der Waals surface area contributed by atoms with Crippen molar-refractivity contribution in [2.45, 2.75) is 43.3 Å². The Balaban J connectivity index is 0.000000235. The normalized spacial score (nSPS) is 25.8. The second-order valence-electron chi connectivity index (χ2n) is 8.39. The Morgan fingerprint density at radius 1 is 1.03 bits per heavy atom. The number of aliphatic carboxylic acids is 3. The molecule has 9 nitrogen and oxygen atoms in total. The van der Waals surface area contributed by atoms with E-state index in [1.807, 2.05) is 7.11 Å². The van der Waals surface area contributed by atoms with Gasteiger partial charge in [-0.05, 0) is 25.5 Å². The summed E-state index contributed by atoms with van der Waals surface area (Å²) in [5.74, 6) is -3.74. The molecule has 1 aliphatic carbocycles. The van der Waals surface area contributed by atoms with Crippen molar-refractivity contribution in [1.29, 1.82) is 0 Å². The summed E-state index contributed by atoms with van der Waals surface area (Å²) in [5.41, 5.74) is -1.39. The Hall–Kier alpha value is -2.49. The Morgan fingerprint density at radius 3 is 1.90 bits per heavy atom. The van der Waals surface area contributed by atoms with E-state index < -0.39 is 36.4 Å². The van der Waals surface area contributed by atoms with Gasteiger partial charge in [-0.25, -0.2) is 4.79 Å². The Bertz CT molecular complexity index is 751. The van der Waals surface area contributed by atoms with Crippen LogP contribution >= 0.6 is 0 Å². The highest BCUT2D eigenvalue weighted by molar-refractivity contribution is 5.88. The molecule has 0 radical (unpaired) electrons. The second-order valence-corrected chi connectivity index (χ2v) is 8.39. The summed E-state index contributed by atoms with van der Waals surface area (Å²) in [6, 6.07) is 10.9. The van der Waals surface area contributed by atoms with Crippen molar-refractivity contribution in [1.82, 2.24) is 4.90 Å². The largest absolute Gasteiger partial charge is 0.481 e. The van der Waals surface area contributed by atoms with Crippen molar-refractivity contribution in [3.63, 3.8) is 0 Å². The first-order valence-corrected chi connectivity index (χ1v) is 10.2. The Morgan fingerprint density at radius 2 is 1.52 bits per heavy atom. The fourth-order valence-electron chi connectivity index (χ4n) is 4.99. The third-order valence-electron chi connectivity index (χ3n) is 6.23. The molecule has 0 aromatic heterocycles. The van der Waals surface area contributed by atoms with Crippen LogP contribution in [0.15, 0.2) is 30.3 Å². The van der Waals surface area contributed by atoms with Crippen LogP contribution < -0.4 is 0 Å². The number of nitrogens with zero attached hydrogens (tertiary/aromatic N) is 1. The van der Waals surface area contributed by atoms with Gasteiger partial charge in [-0.2, -0.15) is 0 Å². The van der Waals surface area contributed by atoms with Gasteiger partial charge in [0, 0.05) is 32.0 Å². The van der Waals surface area contributed by atoms with E-state index in [0.29, 0.717) is 11.8 Å². The van der Waals surface area contributed by atoms with Crippen molar-refractivity contribution in [2.75, 3.05) is 27.2 Å². The van der Waals surface area contributed by atoms with Gasteiger partial charge in [0.05, 0.1) is 12.8 Å². The zero-order valence-corrected chi connectivity index (χ0v) is 17.9. The SMILES string of the molecule is COC1(c2ccccc2)[C@@H]2CCC[C@H]1CN(C)C2.O=C(O)CC(O)(CC(=O)O)C(=O)O. The number of carboxylic acid groups (broad SMARTS) is 3. The number of carboxylic acids is 3. The second kappa shape index (κ2) is 10.2. The van der Waals surface area contributed by atoms with Gasteiger partial charge in [0.15, 0.2) is 5.60 Å². The van der Waals surface area contributed by atoms with Crippen LogP contribution in [0.2, 0.25) is 0 Å². The van der Waals surface area contributed by atoms with Crippen molar-refractivity contribution in [3.05, 3.63) is 35.9 Å². The molecule has 3 atom stereocenters. The van der Waals surface area contributed by atoms with E-state index in [1.165, 1.54) is 37.9 Å². The molecule has 0 spiro atoms. The van der Waals surface area contributed by atoms with Gasteiger partial charge in [0.2, 0.25) is 0 Å². The van der Waals surface area contributed by atoms with Crippen molar-refractivity contribution in [3.8, 4) is 0 Å². The maximum atomic E-state index is 10.3. The smallest absolute Gasteiger partial charge is 0.336 e. The fourth-order valence-corrected chi connectivity index (χ4v) is 4.99. The highest BCUT2D eigenvalue weighted by atomic mass is 16.5. The highest BCUT2D eigenvalue weighted by Crippen LogP contribution is 2.51. The fraction of sp³-hybridized carbons (Fsp3) is 0.591. The molecule has 1 aromatic rings. The molecule has 2 fully saturated rings. The molecule has 4 N–H and O–H groups in total. The summed E-state index contributed by atoms with van der Waals surface area (Å²) in [4.78, 5) is 33.0. The quantitative estimate of drug-likeness (QED) is 0.500. The molecule has 9 heteroatoms. The third-order valence-corrected chi connectivity index (χ3v) is 6.23. The molecule has 1 aromatic carbocycles. The van der Waals surface area contributed by atoms with E-state index >= 15 is 0 Å². The van der Waals surface area contributed by atoms with Crippen molar-refractivity contribution >= 4 is 17.9 Å². The van der Waals surface area contributed by atoms with Gasteiger partial charge < -0.3 is 30.1 Å². The maximum Gasteiger partial charge on any atom is 0.336 e. The van der Waals surface area contributed by atoms with Crippen LogP contribution in [0.25, 0.3) is 0 Å². The predicted octanol–water partition coefficient (Wildman–Crippen LogP) is 1.64. The zero-order valence-electron chi connectivity index (χ0n) is 17.9. The Kier molecular flexibility index (Phi) is 8.16. The molecule has 1 unspecified atom stereocenters. The third kappa shape index (κ3) is 5.61. The average Bonchev–Trinajstić information content (AvgIpc) is 2.67. The number of hydrogen-bond acceptors (Lipinski definition) is 6. The van der Waals surface area contributed by atoms with E-state index in [0.717, 1.165) is 0 Å². The minimum atomic E-state index is -2.74. The number of ether oxygens (including phenoxy) is 1. The van der Waals surface area contributed by atoms with Gasteiger partial charge in [-0.15, -0.1) is 0 Å².